The zero-order valence-electron chi connectivity index (χ0n) is 18.1. The number of benzene rings is 1. The minimum Gasteiger partial charge on any atom is -0.378 e. The van der Waals surface area contributed by atoms with Crippen LogP contribution in [0.25, 0.3) is 6.08 Å². The molecule has 13 heteroatoms. The second kappa shape index (κ2) is 10.0. The fourth-order valence-corrected chi connectivity index (χ4v) is 3.89. The van der Waals surface area contributed by atoms with E-state index in [9.17, 15) is 20.2 Å². The maximum absolute atomic E-state index is 11.3. The topological polar surface area (TPSA) is 175 Å². The zero-order valence-corrected chi connectivity index (χ0v) is 18.1. The van der Waals surface area contributed by atoms with Crippen molar-refractivity contribution in [3.63, 3.8) is 0 Å². The summed E-state index contributed by atoms with van der Waals surface area (Å²) in [4.78, 5) is 30.8. The highest BCUT2D eigenvalue weighted by Crippen LogP contribution is 2.35. The van der Waals surface area contributed by atoms with Gasteiger partial charge in [0.05, 0.1) is 29.3 Å². The molecule has 1 saturated heterocycles. The summed E-state index contributed by atoms with van der Waals surface area (Å²) in [5.41, 5.74) is 11.7. The van der Waals surface area contributed by atoms with Crippen molar-refractivity contribution in [1.82, 2.24) is 14.9 Å². The SMILES string of the molecule is Nc1ncnc(N/N=C/C2=C(N3CCOCC3)C(=C/c3ccc([N+](=O)[O-])cc3)/CC2)c1[N+](=O)[O-]. The Morgan fingerprint density at radius 2 is 1.82 bits per heavy atom. The predicted molar refractivity (Wildman–Crippen MR) is 125 cm³/mol. The van der Waals surface area contributed by atoms with Crippen LogP contribution in [0.1, 0.15) is 18.4 Å². The monoisotopic (exact) mass is 466 g/mol. The molecule has 13 nitrogen and oxygen atoms in total. The van der Waals surface area contributed by atoms with Gasteiger partial charge < -0.3 is 15.4 Å². The molecule has 4 rings (SSSR count). The van der Waals surface area contributed by atoms with Gasteiger partial charge in [0.25, 0.3) is 5.69 Å². The minimum atomic E-state index is -0.660. The molecule has 1 fully saturated rings. The van der Waals surface area contributed by atoms with Crippen LogP contribution >= 0.6 is 0 Å². The third-order valence-corrected chi connectivity index (χ3v) is 5.47. The quantitative estimate of drug-likeness (QED) is 0.350. The molecule has 2 aromatic rings. The lowest BCUT2D eigenvalue weighted by Crippen LogP contribution is -2.36. The molecule has 0 spiro atoms. The number of aromatic nitrogens is 2. The van der Waals surface area contributed by atoms with Crippen molar-refractivity contribution in [3.05, 3.63) is 73.2 Å². The van der Waals surface area contributed by atoms with E-state index in [1.54, 1.807) is 18.3 Å². The number of anilines is 2. The van der Waals surface area contributed by atoms with Gasteiger partial charge in [-0.2, -0.15) is 5.10 Å². The molecule has 0 radical (unpaired) electrons. The summed E-state index contributed by atoms with van der Waals surface area (Å²) in [6.07, 6.45) is 6.23. The first kappa shape index (κ1) is 22.8. The fourth-order valence-electron chi connectivity index (χ4n) is 3.89. The Morgan fingerprint density at radius 3 is 2.50 bits per heavy atom. The summed E-state index contributed by atoms with van der Waals surface area (Å²) < 4.78 is 5.49. The van der Waals surface area contributed by atoms with Crippen molar-refractivity contribution in [2.45, 2.75) is 12.8 Å². The van der Waals surface area contributed by atoms with E-state index < -0.39 is 15.5 Å². The van der Waals surface area contributed by atoms with Crippen molar-refractivity contribution in [2.75, 3.05) is 37.5 Å². The standard InChI is InChI=1S/C21H22N8O5/c22-20-19(29(32)33)21(24-13-23-20)26-25-12-16-4-3-15(18(16)27-7-9-34-10-8-27)11-14-1-5-17(6-2-14)28(30)31/h1-2,5-6,11-13H,3-4,7-10H2,(H3,22,23,24,26)/b15-11+,25-12+. The number of nitrogens with zero attached hydrogens (tertiary/aromatic N) is 6. The van der Waals surface area contributed by atoms with E-state index >= 15 is 0 Å². The third kappa shape index (κ3) is 4.99. The van der Waals surface area contributed by atoms with Gasteiger partial charge in [0.15, 0.2) is 0 Å². The van der Waals surface area contributed by atoms with Gasteiger partial charge in [-0.3, -0.25) is 25.7 Å². The van der Waals surface area contributed by atoms with Gasteiger partial charge in [0, 0.05) is 30.9 Å². The Kier molecular flexibility index (Phi) is 6.73. The zero-order chi connectivity index (χ0) is 24.1. The highest BCUT2D eigenvalue weighted by molar-refractivity contribution is 5.84. The first-order valence-corrected chi connectivity index (χ1v) is 10.5. The van der Waals surface area contributed by atoms with Crippen molar-refractivity contribution >= 4 is 35.3 Å². The van der Waals surface area contributed by atoms with Crippen LogP contribution in [0.4, 0.5) is 23.0 Å². The molecule has 0 amide bonds. The number of nitrogens with two attached hydrogens (primary N) is 1. The maximum Gasteiger partial charge on any atom is 0.354 e. The summed E-state index contributed by atoms with van der Waals surface area (Å²) in [5.74, 6) is -0.345. The number of nitrogens with one attached hydrogen (secondary N) is 1. The predicted octanol–water partition coefficient (Wildman–Crippen LogP) is 2.74. The van der Waals surface area contributed by atoms with Crippen molar-refractivity contribution in [2.24, 2.45) is 5.10 Å². The molecule has 2 heterocycles. The molecule has 3 N–H and O–H groups in total. The lowest BCUT2D eigenvalue weighted by molar-refractivity contribution is -0.384. The number of morpholine rings is 1. The summed E-state index contributed by atoms with van der Waals surface area (Å²) in [7, 11) is 0. The molecule has 0 bridgehead atoms. The van der Waals surface area contributed by atoms with Gasteiger partial charge in [0.1, 0.15) is 6.33 Å². The second-order valence-electron chi connectivity index (χ2n) is 7.57. The summed E-state index contributed by atoms with van der Waals surface area (Å²) in [5, 5.41) is 26.4. The number of rotatable bonds is 7. The smallest absolute Gasteiger partial charge is 0.354 e. The molecular formula is C21H22N8O5. The molecule has 34 heavy (non-hydrogen) atoms. The van der Waals surface area contributed by atoms with Crippen LogP contribution in [-0.4, -0.2) is 57.2 Å². The average Bonchev–Trinajstić information content (AvgIpc) is 3.22. The largest absolute Gasteiger partial charge is 0.378 e. The first-order chi connectivity index (χ1) is 16.4. The van der Waals surface area contributed by atoms with Gasteiger partial charge in [-0.15, -0.1) is 0 Å². The number of nitro benzene ring substituents is 1. The molecule has 0 atom stereocenters. The first-order valence-electron chi connectivity index (χ1n) is 10.5. The van der Waals surface area contributed by atoms with Crippen LogP contribution in [0, 0.1) is 20.2 Å². The van der Waals surface area contributed by atoms with Crippen LogP contribution in [0.2, 0.25) is 0 Å². The number of nitrogen functional groups attached to an aromatic ring is 1. The average molecular weight is 466 g/mol. The normalized spacial score (nSPS) is 17.5. The lowest BCUT2D eigenvalue weighted by Gasteiger charge is -2.31. The van der Waals surface area contributed by atoms with E-state index in [0.717, 1.165) is 35.2 Å². The number of non-ortho nitro benzene ring substituents is 1. The van der Waals surface area contributed by atoms with E-state index in [2.05, 4.69) is 25.4 Å². The molecule has 1 aliphatic heterocycles. The van der Waals surface area contributed by atoms with Crippen LogP contribution in [0.5, 0.6) is 0 Å². The van der Waals surface area contributed by atoms with Gasteiger partial charge in [-0.25, -0.2) is 9.97 Å². The Morgan fingerprint density at radius 1 is 1.09 bits per heavy atom. The molecule has 1 aliphatic carbocycles. The number of allylic oxidation sites excluding steroid dienone is 2. The number of hydrazone groups is 1. The number of hydrogen-bond acceptors (Lipinski definition) is 11. The van der Waals surface area contributed by atoms with Crippen LogP contribution in [0.3, 0.4) is 0 Å². The highest BCUT2D eigenvalue weighted by atomic mass is 16.6. The summed E-state index contributed by atoms with van der Waals surface area (Å²) in [6, 6.07) is 6.39. The van der Waals surface area contributed by atoms with Gasteiger partial charge in [-0.1, -0.05) is 0 Å². The lowest BCUT2D eigenvalue weighted by atomic mass is 10.1. The Balaban J connectivity index is 1.63. The van der Waals surface area contributed by atoms with E-state index in [0.29, 0.717) is 32.7 Å². The van der Waals surface area contributed by atoms with Crippen molar-refractivity contribution in [1.29, 1.82) is 0 Å². The maximum atomic E-state index is 11.3. The molecule has 0 saturated carbocycles. The molecule has 176 valence electrons. The second-order valence-corrected chi connectivity index (χ2v) is 7.57. The number of hydrogen-bond donors (Lipinski definition) is 2. The number of ether oxygens (including phenoxy) is 1. The van der Waals surface area contributed by atoms with Crippen LogP contribution in [0.15, 0.2) is 52.5 Å². The molecule has 1 aromatic heterocycles. The Labute approximate surface area is 193 Å². The minimum absolute atomic E-state index is 0.0378. The summed E-state index contributed by atoms with van der Waals surface area (Å²) in [6.45, 7) is 2.63. The van der Waals surface area contributed by atoms with Crippen molar-refractivity contribution < 1.29 is 14.6 Å². The van der Waals surface area contributed by atoms with Crippen LogP contribution in [-0.2, 0) is 4.74 Å². The molecule has 2 aliphatic rings. The fraction of sp³-hybridized carbons (Fsp3) is 0.286. The van der Waals surface area contributed by atoms with E-state index in [-0.39, 0.29) is 17.3 Å². The van der Waals surface area contributed by atoms with Gasteiger partial charge in [0.2, 0.25) is 11.6 Å². The molecule has 0 unspecified atom stereocenters. The van der Waals surface area contributed by atoms with Gasteiger partial charge >= 0.3 is 5.69 Å². The van der Waals surface area contributed by atoms with Gasteiger partial charge in [-0.05, 0) is 47.8 Å². The number of nitro groups is 2. The molecular weight excluding hydrogens is 444 g/mol. The van der Waals surface area contributed by atoms with E-state index in [1.165, 1.54) is 12.1 Å². The van der Waals surface area contributed by atoms with E-state index in [4.69, 9.17) is 10.5 Å². The van der Waals surface area contributed by atoms with E-state index in [1.807, 2.05) is 6.08 Å². The Hall–Kier alpha value is -4.39. The highest BCUT2D eigenvalue weighted by Gasteiger charge is 2.26. The van der Waals surface area contributed by atoms with Crippen LogP contribution < -0.4 is 11.2 Å². The van der Waals surface area contributed by atoms with Crippen molar-refractivity contribution in [3.8, 4) is 0 Å². The Bertz CT molecular complexity index is 1190. The summed E-state index contributed by atoms with van der Waals surface area (Å²) >= 11 is 0. The molecule has 1 aromatic carbocycles. The third-order valence-electron chi connectivity index (χ3n) is 5.47.